The predicted octanol–water partition coefficient (Wildman–Crippen LogP) is 6.08. The summed E-state index contributed by atoms with van der Waals surface area (Å²) in [7, 11) is 0. The van der Waals surface area contributed by atoms with Crippen molar-refractivity contribution in [3.05, 3.63) is 99.5 Å². The normalized spacial score (nSPS) is 14.8. The van der Waals surface area contributed by atoms with E-state index in [2.05, 4.69) is 10.2 Å². The van der Waals surface area contributed by atoms with E-state index in [9.17, 15) is 9.59 Å². The van der Waals surface area contributed by atoms with E-state index >= 15 is 0 Å². The first-order chi connectivity index (χ1) is 15.5. The predicted molar refractivity (Wildman–Crippen MR) is 129 cm³/mol. The maximum atomic E-state index is 13.0. The molecule has 0 spiro atoms. The maximum Gasteiger partial charge on any atom is 0.227 e. The molecule has 1 heterocycles. The average Bonchev–Trinajstić information content (AvgIpc) is 2.82. The minimum absolute atomic E-state index is 0.0550. The van der Waals surface area contributed by atoms with Gasteiger partial charge in [-0.05, 0) is 61.8 Å². The van der Waals surface area contributed by atoms with Gasteiger partial charge in [0.1, 0.15) is 0 Å². The summed E-state index contributed by atoms with van der Waals surface area (Å²) >= 11 is 12.1. The van der Waals surface area contributed by atoms with Crippen LogP contribution < -0.4 is 5.32 Å². The Morgan fingerprint density at radius 3 is 2.22 bits per heavy atom. The zero-order valence-electron chi connectivity index (χ0n) is 17.6. The molecule has 3 aromatic carbocycles. The zero-order valence-corrected chi connectivity index (χ0v) is 19.1. The van der Waals surface area contributed by atoms with E-state index in [1.807, 2.05) is 42.5 Å². The Kier molecular flexibility index (Phi) is 7.26. The van der Waals surface area contributed by atoms with Crippen molar-refractivity contribution in [1.29, 1.82) is 0 Å². The topological polar surface area (TPSA) is 49.4 Å². The van der Waals surface area contributed by atoms with Crippen LogP contribution in [0.1, 0.15) is 34.3 Å². The van der Waals surface area contributed by atoms with E-state index < -0.39 is 0 Å². The van der Waals surface area contributed by atoms with E-state index in [0.717, 1.165) is 37.5 Å². The number of carbonyl (C=O) groups excluding carboxylic acids is 2. The number of rotatable bonds is 6. The Morgan fingerprint density at radius 1 is 0.875 bits per heavy atom. The Balaban J connectivity index is 1.39. The molecule has 4 rings (SSSR count). The number of nitrogens with one attached hydrogen (secondary N) is 1. The number of halogens is 2. The van der Waals surface area contributed by atoms with Crippen LogP contribution in [0.2, 0.25) is 10.0 Å². The van der Waals surface area contributed by atoms with Crippen LogP contribution in [0, 0.1) is 5.92 Å². The van der Waals surface area contributed by atoms with Gasteiger partial charge in [-0.3, -0.25) is 14.5 Å². The molecule has 0 bridgehead atoms. The number of nitrogens with zero attached hydrogens (tertiary/aromatic N) is 1. The van der Waals surface area contributed by atoms with Crippen LogP contribution in [0.25, 0.3) is 0 Å². The smallest absolute Gasteiger partial charge is 0.227 e. The first kappa shape index (κ1) is 22.5. The number of amides is 1. The minimum atomic E-state index is -0.166. The molecule has 1 saturated heterocycles. The number of ketones is 1. The van der Waals surface area contributed by atoms with E-state index in [4.69, 9.17) is 23.2 Å². The highest BCUT2D eigenvalue weighted by atomic mass is 35.5. The highest BCUT2D eigenvalue weighted by Crippen LogP contribution is 2.26. The molecule has 0 radical (unpaired) electrons. The summed E-state index contributed by atoms with van der Waals surface area (Å²) in [6.07, 6.45) is 1.55. The third-order valence-corrected chi connectivity index (χ3v) is 6.28. The lowest BCUT2D eigenvalue weighted by Gasteiger charge is -2.31. The molecule has 1 amide bonds. The summed E-state index contributed by atoms with van der Waals surface area (Å²) < 4.78 is 0. The Morgan fingerprint density at radius 2 is 1.53 bits per heavy atom. The van der Waals surface area contributed by atoms with Gasteiger partial charge >= 0.3 is 0 Å². The molecule has 3 aromatic rings. The lowest BCUT2D eigenvalue weighted by atomic mass is 9.95. The van der Waals surface area contributed by atoms with Crippen molar-refractivity contribution in [2.24, 2.45) is 5.92 Å². The van der Waals surface area contributed by atoms with Gasteiger partial charge in [0, 0.05) is 33.6 Å². The second kappa shape index (κ2) is 10.3. The lowest BCUT2D eigenvalue weighted by Crippen LogP contribution is -2.37. The molecule has 1 aliphatic heterocycles. The standard InChI is InChI=1S/C26H24Cl2N2O2/c27-21-8-6-18(7-9-21)17-30-14-12-20(13-15-30)26(32)29-24-11-10-22(28)16-23(24)25(31)19-4-2-1-3-5-19/h1-11,16,20H,12-15,17H2,(H,29,32). The molecular weight excluding hydrogens is 443 g/mol. The van der Waals surface area contributed by atoms with Crippen molar-refractivity contribution in [1.82, 2.24) is 4.90 Å². The number of anilines is 1. The van der Waals surface area contributed by atoms with Crippen LogP contribution in [0.3, 0.4) is 0 Å². The molecule has 4 nitrogen and oxygen atoms in total. The van der Waals surface area contributed by atoms with Crippen LogP contribution in [0.5, 0.6) is 0 Å². The molecule has 1 aliphatic rings. The number of likely N-dealkylation sites (tertiary alicyclic amines) is 1. The summed E-state index contributed by atoms with van der Waals surface area (Å²) in [5.41, 5.74) is 2.66. The van der Waals surface area contributed by atoms with Crippen molar-refractivity contribution in [2.45, 2.75) is 19.4 Å². The van der Waals surface area contributed by atoms with Crippen molar-refractivity contribution < 1.29 is 9.59 Å². The molecule has 164 valence electrons. The molecule has 0 atom stereocenters. The van der Waals surface area contributed by atoms with Gasteiger partial charge in [-0.25, -0.2) is 0 Å². The van der Waals surface area contributed by atoms with Crippen molar-refractivity contribution in [2.75, 3.05) is 18.4 Å². The van der Waals surface area contributed by atoms with Gasteiger partial charge in [0.25, 0.3) is 0 Å². The molecule has 1 N–H and O–H groups in total. The fraction of sp³-hybridized carbons (Fsp3) is 0.231. The van der Waals surface area contributed by atoms with Gasteiger partial charge in [0.05, 0.1) is 5.69 Å². The summed E-state index contributed by atoms with van der Waals surface area (Å²) in [4.78, 5) is 28.3. The van der Waals surface area contributed by atoms with E-state index in [-0.39, 0.29) is 17.6 Å². The Hall–Kier alpha value is -2.66. The van der Waals surface area contributed by atoms with Crippen LogP contribution >= 0.6 is 23.2 Å². The number of piperidine rings is 1. The number of hydrogen-bond acceptors (Lipinski definition) is 3. The number of carbonyl (C=O) groups is 2. The van der Waals surface area contributed by atoms with Gasteiger partial charge < -0.3 is 5.32 Å². The first-order valence-electron chi connectivity index (χ1n) is 10.7. The fourth-order valence-corrected chi connectivity index (χ4v) is 4.29. The van der Waals surface area contributed by atoms with Gasteiger partial charge in [-0.2, -0.15) is 0 Å². The van der Waals surface area contributed by atoms with Crippen molar-refractivity contribution >= 4 is 40.6 Å². The molecule has 0 saturated carbocycles. The third kappa shape index (κ3) is 5.57. The monoisotopic (exact) mass is 466 g/mol. The van der Waals surface area contributed by atoms with Crippen molar-refractivity contribution in [3.8, 4) is 0 Å². The second-order valence-corrected chi connectivity index (χ2v) is 8.92. The molecular formula is C26H24Cl2N2O2. The molecule has 6 heteroatoms. The summed E-state index contributed by atoms with van der Waals surface area (Å²) in [6.45, 7) is 2.53. The first-order valence-corrected chi connectivity index (χ1v) is 11.4. The SMILES string of the molecule is O=C(c1ccccc1)c1cc(Cl)ccc1NC(=O)C1CCN(Cc2ccc(Cl)cc2)CC1. The van der Waals surface area contributed by atoms with Gasteiger partial charge in [-0.15, -0.1) is 0 Å². The average molecular weight is 467 g/mol. The van der Waals surface area contributed by atoms with Gasteiger partial charge in [-0.1, -0.05) is 65.7 Å². The van der Waals surface area contributed by atoms with Crippen LogP contribution in [-0.4, -0.2) is 29.7 Å². The fourth-order valence-electron chi connectivity index (χ4n) is 3.99. The van der Waals surface area contributed by atoms with Gasteiger partial charge in [0.2, 0.25) is 5.91 Å². The lowest BCUT2D eigenvalue weighted by molar-refractivity contribution is -0.121. The maximum absolute atomic E-state index is 13.0. The minimum Gasteiger partial charge on any atom is -0.325 e. The van der Waals surface area contributed by atoms with Crippen LogP contribution in [0.4, 0.5) is 5.69 Å². The summed E-state index contributed by atoms with van der Waals surface area (Å²) in [5, 5.41) is 4.17. The Labute approximate surface area is 198 Å². The Bertz CT molecular complexity index is 1090. The van der Waals surface area contributed by atoms with Crippen LogP contribution in [0.15, 0.2) is 72.8 Å². The molecule has 1 fully saturated rings. The van der Waals surface area contributed by atoms with Crippen LogP contribution in [-0.2, 0) is 11.3 Å². The summed E-state index contributed by atoms with van der Waals surface area (Å²) in [5.74, 6) is -0.311. The van der Waals surface area contributed by atoms with Gasteiger partial charge in [0.15, 0.2) is 5.78 Å². The number of benzene rings is 3. The largest absolute Gasteiger partial charge is 0.325 e. The van der Waals surface area contributed by atoms with E-state index in [0.29, 0.717) is 21.8 Å². The molecule has 0 unspecified atom stereocenters. The summed E-state index contributed by atoms with van der Waals surface area (Å²) in [6, 6.07) is 21.9. The van der Waals surface area contributed by atoms with Crippen molar-refractivity contribution in [3.63, 3.8) is 0 Å². The molecule has 0 aliphatic carbocycles. The highest BCUT2D eigenvalue weighted by molar-refractivity contribution is 6.31. The van der Waals surface area contributed by atoms with E-state index in [1.165, 1.54) is 5.56 Å². The second-order valence-electron chi connectivity index (χ2n) is 8.05. The quantitative estimate of drug-likeness (QED) is 0.448. The molecule has 0 aromatic heterocycles. The zero-order chi connectivity index (χ0) is 22.5. The van der Waals surface area contributed by atoms with E-state index in [1.54, 1.807) is 30.3 Å². The molecule has 32 heavy (non-hydrogen) atoms. The third-order valence-electron chi connectivity index (χ3n) is 5.80. The number of hydrogen-bond donors (Lipinski definition) is 1. The highest BCUT2D eigenvalue weighted by Gasteiger charge is 2.26.